The summed E-state index contributed by atoms with van der Waals surface area (Å²) < 4.78 is 17.6. The van der Waals surface area contributed by atoms with E-state index < -0.39 is 29.1 Å². The number of hydrogen-bond donors (Lipinski definition) is 0. The third-order valence-corrected chi connectivity index (χ3v) is 12.0. The predicted octanol–water partition coefficient (Wildman–Crippen LogP) is 7.07. The van der Waals surface area contributed by atoms with Crippen molar-refractivity contribution in [1.29, 1.82) is 0 Å². The summed E-state index contributed by atoms with van der Waals surface area (Å²) in [6, 6.07) is 8.43. The highest BCUT2D eigenvalue weighted by atomic mass is 32.1. The van der Waals surface area contributed by atoms with Gasteiger partial charge in [-0.15, -0.1) is 21.5 Å². The van der Waals surface area contributed by atoms with Crippen molar-refractivity contribution >= 4 is 29.4 Å². The van der Waals surface area contributed by atoms with Crippen LogP contribution in [0, 0.1) is 5.41 Å². The summed E-state index contributed by atoms with van der Waals surface area (Å²) in [6.07, 6.45) is 10.4. The smallest absolute Gasteiger partial charge is 0.410 e. The maximum Gasteiger partial charge on any atom is 0.410 e. The van der Waals surface area contributed by atoms with E-state index in [9.17, 15) is 14.4 Å². The van der Waals surface area contributed by atoms with Gasteiger partial charge in [-0.1, -0.05) is 56.2 Å². The Labute approximate surface area is 309 Å². The number of amides is 3. The number of ether oxygens (including phenoxy) is 2. The molecule has 1 spiro atoms. The molecular weight excluding hydrogens is 681 g/mol. The Morgan fingerprint density at radius 2 is 1.67 bits per heavy atom. The Morgan fingerprint density at radius 3 is 2.33 bits per heavy atom. The zero-order chi connectivity index (χ0) is 36.5. The van der Waals surface area contributed by atoms with Gasteiger partial charge in [-0.25, -0.2) is 14.6 Å². The third kappa shape index (κ3) is 7.60. The number of carbonyl (C=O) groups is 3. The second kappa shape index (κ2) is 15.0. The molecule has 2 aromatic heterocycles. The fraction of sp³-hybridized carbons (Fsp3) is 0.590. The van der Waals surface area contributed by atoms with E-state index in [1.54, 1.807) is 21.1 Å². The van der Waals surface area contributed by atoms with E-state index in [2.05, 4.69) is 46.0 Å². The Bertz CT molecular complexity index is 1720. The van der Waals surface area contributed by atoms with Gasteiger partial charge >= 0.3 is 12.2 Å². The minimum atomic E-state index is -0.774. The maximum atomic E-state index is 14.5. The molecule has 3 aromatic rings. The molecule has 7 rings (SSSR count). The van der Waals surface area contributed by atoms with E-state index in [0.29, 0.717) is 50.5 Å². The van der Waals surface area contributed by atoms with Crippen molar-refractivity contribution in [1.82, 2.24) is 29.9 Å². The molecule has 4 aliphatic rings. The number of thiazole rings is 1. The van der Waals surface area contributed by atoms with Crippen LogP contribution in [-0.2, 0) is 14.3 Å². The van der Waals surface area contributed by atoms with Gasteiger partial charge in [-0.3, -0.25) is 4.79 Å². The number of aromatic nitrogens is 3. The summed E-state index contributed by atoms with van der Waals surface area (Å²) in [6.45, 7) is 11.8. The van der Waals surface area contributed by atoms with Crippen molar-refractivity contribution in [2.45, 2.75) is 95.0 Å². The summed E-state index contributed by atoms with van der Waals surface area (Å²) in [7, 11) is 0. The van der Waals surface area contributed by atoms with Gasteiger partial charge in [0.25, 0.3) is 0 Å². The van der Waals surface area contributed by atoms with Crippen molar-refractivity contribution < 1.29 is 28.3 Å². The molecule has 0 N–H and O–H groups in total. The number of piperidine rings is 1. The molecule has 12 nitrogen and oxygen atoms in total. The largest absolute Gasteiger partial charge is 0.445 e. The molecule has 1 aliphatic carbocycles. The Kier molecular flexibility index (Phi) is 10.4. The van der Waals surface area contributed by atoms with E-state index in [4.69, 9.17) is 13.9 Å². The first-order valence-corrected chi connectivity index (χ1v) is 19.5. The average Bonchev–Trinajstić information content (AvgIpc) is 3.91. The van der Waals surface area contributed by atoms with E-state index in [-0.39, 0.29) is 30.9 Å². The van der Waals surface area contributed by atoms with Crippen molar-refractivity contribution in [2.75, 3.05) is 45.9 Å². The second-order valence-electron chi connectivity index (χ2n) is 15.9. The van der Waals surface area contributed by atoms with Gasteiger partial charge in [0.2, 0.25) is 17.7 Å². The van der Waals surface area contributed by atoms with Gasteiger partial charge in [-0.05, 0) is 63.5 Å². The van der Waals surface area contributed by atoms with Crippen LogP contribution >= 0.6 is 11.3 Å². The van der Waals surface area contributed by atoms with Crippen LogP contribution in [0.3, 0.4) is 0 Å². The monoisotopic (exact) mass is 730 g/mol. The van der Waals surface area contributed by atoms with Crippen molar-refractivity contribution in [3.63, 3.8) is 0 Å². The number of benzene rings is 1. The Morgan fingerprint density at radius 1 is 0.962 bits per heavy atom. The molecule has 3 amide bonds. The SMILES string of the molecule is C=CCOC(=O)N1CC(c2nnc(C(C(=O)N3CCC(c4nccs4)CC3)c3ccc(C4CCCCC4)cc3)o2)C2(C1)CN(C(=O)OC(C)(C)C)C2. The molecule has 3 aliphatic heterocycles. The van der Waals surface area contributed by atoms with Crippen molar-refractivity contribution in [3.8, 4) is 0 Å². The van der Waals surface area contributed by atoms with E-state index in [0.717, 1.165) is 23.4 Å². The van der Waals surface area contributed by atoms with Crippen molar-refractivity contribution in [2.24, 2.45) is 5.41 Å². The summed E-state index contributed by atoms with van der Waals surface area (Å²) >= 11 is 1.67. The lowest BCUT2D eigenvalue weighted by Crippen LogP contribution is -2.62. The molecule has 1 aromatic carbocycles. The van der Waals surface area contributed by atoms with Crippen molar-refractivity contribution in [3.05, 3.63) is 76.4 Å². The van der Waals surface area contributed by atoms with Crippen LogP contribution in [0.15, 0.2) is 52.9 Å². The number of carbonyl (C=O) groups excluding carboxylic acids is 3. The topological polar surface area (TPSA) is 131 Å². The first-order valence-electron chi connectivity index (χ1n) is 18.7. The first kappa shape index (κ1) is 36.1. The normalized spacial score (nSPS) is 21.5. The number of likely N-dealkylation sites (tertiary alicyclic amines) is 3. The maximum absolute atomic E-state index is 14.5. The van der Waals surface area contributed by atoms with Crippen LogP contribution in [0.4, 0.5) is 9.59 Å². The second-order valence-corrected chi connectivity index (χ2v) is 16.8. The molecule has 4 fully saturated rings. The molecular formula is C39H50N6O6S. The van der Waals surface area contributed by atoms with E-state index >= 15 is 0 Å². The highest BCUT2D eigenvalue weighted by Crippen LogP contribution is 2.50. The van der Waals surface area contributed by atoms with Crippen LogP contribution in [0.25, 0.3) is 0 Å². The predicted molar refractivity (Wildman–Crippen MR) is 195 cm³/mol. The summed E-state index contributed by atoms with van der Waals surface area (Å²) in [5.41, 5.74) is 0.953. The fourth-order valence-electron chi connectivity index (χ4n) is 8.42. The van der Waals surface area contributed by atoms with Gasteiger partial charge in [0.05, 0.1) is 10.9 Å². The third-order valence-electron chi connectivity index (χ3n) is 11.1. The lowest BCUT2D eigenvalue weighted by atomic mass is 9.71. The summed E-state index contributed by atoms with van der Waals surface area (Å²) in [4.78, 5) is 50.3. The highest BCUT2D eigenvalue weighted by molar-refractivity contribution is 7.09. The van der Waals surface area contributed by atoms with Gasteiger partial charge < -0.3 is 28.6 Å². The number of hydrogen-bond acceptors (Lipinski definition) is 10. The van der Waals surface area contributed by atoms with Gasteiger partial charge in [0.1, 0.15) is 18.1 Å². The number of nitrogens with zero attached hydrogens (tertiary/aromatic N) is 6. The molecule has 0 radical (unpaired) electrons. The fourth-order valence-corrected chi connectivity index (χ4v) is 9.23. The molecule has 2 unspecified atom stereocenters. The van der Waals surface area contributed by atoms with Crippen LogP contribution < -0.4 is 0 Å². The molecule has 5 heterocycles. The van der Waals surface area contributed by atoms with Gasteiger partial charge in [0, 0.05) is 62.2 Å². The van der Waals surface area contributed by atoms with E-state index in [1.807, 2.05) is 37.2 Å². The molecule has 0 bridgehead atoms. The highest BCUT2D eigenvalue weighted by Gasteiger charge is 2.59. The van der Waals surface area contributed by atoms with Gasteiger partial charge in [-0.2, -0.15) is 0 Å². The molecule has 52 heavy (non-hydrogen) atoms. The van der Waals surface area contributed by atoms with E-state index in [1.165, 1.54) is 43.7 Å². The molecule has 2 atom stereocenters. The first-order chi connectivity index (χ1) is 25.0. The molecule has 13 heteroatoms. The molecule has 3 saturated heterocycles. The minimum absolute atomic E-state index is 0.0614. The molecule has 1 saturated carbocycles. The minimum Gasteiger partial charge on any atom is -0.445 e. The standard InChI is InChI=1S/C39H50N6O6S/c1-5-20-49-36(47)44-22-30(39(23-44)24-45(25-39)37(48)51-38(2,3)4)32-41-42-33(50-32)31(28-13-11-27(12-14-28)26-9-7-6-8-10-26)35(46)43-18-15-29(16-19-43)34-40-17-21-52-34/h5,11-14,17,21,26,29-31H,1,6-10,15-16,18-20,22-25H2,2-4H3. The van der Waals surface area contributed by atoms with Crippen LogP contribution in [0.2, 0.25) is 0 Å². The average molecular weight is 731 g/mol. The van der Waals surface area contributed by atoms with Crippen LogP contribution in [-0.4, -0.2) is 99.5 Å². The molecule has 278 valence electrons. The zero-order valence-electron chi connectivity index (χ0n) is 30.5. The summed E-state index contributed by atoms with van der Waals surface area (Å²) in [5, 5.41) is 12.2. The van der Waals surface area contributed by atoms with Crippen LogP contribution in [0.5, 0.6) is 0 Å². The lowest BCUT2D eigenvalue weighted by Gasteiger charge is -2.49. The van der Waals surface area contributed by atoms with Crippen LogP contribution in [0.1, 0.15) is 117 Å². The summed E-state index contributed by atoms with van der Waals surface area (Å²) in [5.74, 6) is 0.254. The van der Waals surface area contributed by atoms with Gasteiger partial charge in [0.15, 0.2) is 0 Å². The Balaban J connectivity index is 1.15. The zero-order valence-corrected chi connectivity index (χ0v) is 31.3. The number of rotatable bonds is 8. The lowest BCUT2D eigenvalue weighted by molar-refractivity contribution is -0.133. The Hall–Kier alpha value is -4.26. The quantitative estimate of drug-likeness (QED) is 0.223.